The third kappa shape index (κ3) is 9.38. The Morgan fingerprint density at radius 1 is 1.27 bits per heavy atom. The van der Waals surface area contributed by atoms with Gasteiger partial charge < -0.3 is 10.1 Å². The Kier molecular flexibility index (Phi) is 12.4. The molecule has 1 N–H and O–H groups in total. The van der Waals surface area contributed by atoms with Crippen LogP contribution in [0.2, 0.25) is 5.28 Å². The predicted octanol–water partition coefficient (Wildman–Crippen LogP) is 4.18. The van der Waals surface area contributed by atoms with Crippen molar-refractivity contribution in [1.82, 2.24) is 9.97 Å². The van der Waals surface area contributed by atoms with E-state index in [1.807, 2.05) is 27.7 Å². The monoisotopic (exact) mass is 343 g/mol. The zero-order valence-corrected chi connectivity index (χ0v) is 14.0. The van der Waals surface area contributed by atoms with Gasteiger partial charge in [-0.3, -0.25) is 4.79 Å². The zero-order chi connectivity index (χ0) is 17.8. The second-order valence-electron chi connectivity index (χ2n) is 3.16. The summed E-state index contributed by atoms with van der Waals surface area (Å²) < 4.78 is 41.6. The van der Waals surface area contributed by atoms with Crippen LogP contribution in [0.15, 0.2) is 6.07 Å². The number of nitrogens with zero attached hydrogens (tertiary/aromatic N) is 2. The average Bonchev–Trinajstić information content (AvgIpc) is 2.49. The van der Waals surface area contributed by atoms with E-state index < -0.39 is 23.1 Å². The molecule has 22 heavy (non-hydrogen) atoms. The molecule has 0 aliphatic carbocycles. The Morgan fingerprint density at radius 3 is 2.27 bits per heavy atom. The first-order valence-electron chi connectivity index (χ1n) is 6.75. The Balaban J connectivity index is 0. The number of esters is 1. The highest BCUT2D eigenvalue weighted by molar-refractivity contribution is 6.28. The molecule has 0 fully saturated rings. The van der Waals surface area contributed by atoms with Gasteiger partial charge in [0.15, 0.2) is 5.69 Å². The summed E-state index contributed by atoms with van der Waals surface area (Å²) in [7, 11) is 1.21. The molecule has 0 atom stereocenters. The van der Waals surface area contributed by atoms with Crippen molar-refractivity contribution in [3.8, 4) is 0 Å². The van der Waals surface area contributed by atoms with Crippen LogP contribution in [0.3, 0.4) is 0 Å². The number of alkyl halides is 3. The lowest BCUT2D eigenvalue weighted by atomic mass is 10.3. The maximum atomic E-state index is 12.4. The van der Waals surface area contributed by atoms with Crippen molar-refractivity contribution < 1.29 is 22.7 Å². The fourth-order valence-electron chi connectivity index (χ4n) is 1.05. The molecule has 0 aliphatic rings. The highest BCUT2D eigenvalue weighted by atomic mass is 35.5. The summed E-state index contributed by atoms with van der Waals surface area (Å²) in [6, 6.07) is 0.711. The first kappa shape index (κ1) is 22.7. The third-order valence-electron chi connectivity index (χ3n) is 1.85. The van der Waals surface area contributed by atoms with Crippen molar-refractivity contribution in [2.24, 2.45) is 0 Å². The Hall–Kier alpha value is -1.57. The number of methoxy groups -OCH3 is 1. The molecule has 5 nitrogen and oxygen atoms in total. The van der Waals surface area contributed by atoms with Crippen molar-refractivity contribution in [3.05, 3.63) is 17.0 Å². The maximum Gasteiger partial charge on any atom is 0.433 e. The van der Waals surface area contributed by atoms with E-state index in [-0.39, 0.29) is 18.8 Å². The highest BCUT2D eigenvalue weighted by Crippen LogP contribution is 2.29. The van der Waals surface area contributed by atoms with Gasteiger partial charge in [0.05, 0.1) is 13.5 Å². The molecule has 0 unspecified atom stereocenters. The van der Waals surface area contributed by atoms with Crippen LogP contribution in [0, 0.1) is 0 Å². The van der Waals surface area contributed by atoms with Gasteiger partial charge in [0.2, 0.25) is 5.28 Å². The Bertz CT molecular complexity index is 443. The van der Waals surface area contributed by atoms with Crippen LogP contribution in [0.1, 0.15) is 39.8 Å². The SMILES string of the molecule is CC.CC.COC(=O)CCNc1cc(C(F)(F)F)nc(Cl)n1. The number of nitrogens with one attached hydrogen (secondary N) is 1. The van der Waals surface area contributed by atoms with Gasteiger partial charge >= 0.3 is 12.1 Å². The summed E-state index contributed by atoms with van der Waals surface area (Å²) in [5, 5.41) is 2.00. The minimum Gasteiger partial charge on any atom is -0.469 e. The highest BCUT2D eigenvalue weighted by Gasteiger charge is 2.33. The summed E-state index contributed by atoms with van der Waals surface area (Å²) >= 11 is 5.37. The van der Waals surface area contributed by atoms with E-state index in [1.165, 1.54) is 7.11 Å². The van der Waals surface area contributed by atoms with Gasteiger partial charge in [-0.25, -0.2) is 9.97 Å². The van der Waals surface area contributed by atoms with Crippen molar-refractivity contribution in [1.29, 1.82) is 0 Å². The van der Waals surface area contributed by atoms with Crippen LogP contribution in [0.25, 0.3) is 0 Å². The first-order valence-corrected chi connectivity index (χ1v) is 7.13. The molecule has 9 heteroatoms. The summed E-state index contributed by atoms with van der Waals surface area (Å²) in [5.74, 6) is -0.593. The molecule has 128 valence electrons. The summed E-state index contributed by atoms with van der Waals surface area (Å²) in [5.41, 5.74) is -1.15. The van der Waals surface area contributed by atoms with Crippen LogP contribution >= 0.6 is 11.6 Å². The van der Waals surface area contributed by atoms with Gasteiger partial charge in [0, 0.05) is 12.6 Å². The smallest absolute Gasteiger partial charge is 0.433 e. The topological polar surface area (TPSA) is 64.1 Å². The lowest BCUT2D eigenvalue weighted by Gasteiger charge is -2.09. The average molecular weight is 344 g/mol. The molecule has 1 aromatic rings. The number of hydrogen-bond donors (Lipinski definition) is 1. The summed E-state index contributed by atoms with van der Waals surface area (Å²) in [4.78, 5) is 17.4. The number of halogens is 4. The van der Waals surface area contributed by atoms with Crippen LogP contribution in [0.5, 0.6) is 0 Å². The second-order valence-corrected chi connectivity index (χ2v) is 3.50. The maximum absolute atomic E-state index is 12.4. The molecule has 0 amide bonds. The van der Waals surface area contributed by atoms with Crippen molar-refractivity contribution >= 4 is 23.4 Å². The molecule has 0 bridgehead atoms. The number of rotatable bonds is 4. The van der Waals surface area contributed by atoms with Gasteiger partial charge in [-0.1, -0.05) is 27.7 Å². The number of hydrogen-bond acceptors (Lipinski definition) is 5. The van der Waals surface area contributed by atoms with Crippen LogP contribution in [-0.4, -0.2) is 29.6 Å². The van der Waals surface area contributed by atoms with Gasteiger partial charge in [-0.2, -0.15) is 13.2 Å². The Labute approximate surface area is 133 Å². The fourth-order valence-corrected chi connectivity index (χ4v) is 1.23. The van der Waals surface area contributed by atoms with Crippen molar-refractivity contribution in [3.63, 3.8) is 0 Å². The largest absolute Gasteiger partial charge is 0.469 e. The third-order valence-corrected chi connectivity index (χ3v) is 2.02. The molecular formula is C13H21ClF3N3O2. The van der Waals surface area contributed by atoms with Crippen LogP contribution in [-0.2, 0) is 15.7 Å². The summed E-state index contributed by atoms with van der Waals surface area (Å²) in [6.07, 6.45) is -4.61. The molecule has 0 radical (unpaired) electrons. The van der Waals surface area contributed by atoms with E-state index in [0.717, 1.165) is 0 Å². The lowest BCUT2D eigenvalue weighted by molar-refractivity contribution is -0.141. The standard InChI is InChI=1S/C9H9ClF3N3O2.2C2H6/c1-18-7(17)2-3-14-6-4-5(9(11,12)13)15-8(10)16-6;2*1-2/h4H,2-3H2,1H3,(H,14,15,16);2*1-2H3. The lowest BCUT2D eigenvalue weighted by Crippen LogP contribution is -2.13. The molecule has 1 heterocycles. The van der Waals surface area contributed by atoms with Crippen molar-refractivity contribution in [2.45, 2.75) is 40.3 Å². The second kappa shape index (κ2) is 12.0. The van der Waals surface area contributed by atoms with E-state index >= 15 is 0 Å². The van der Waals surface area contributed by atoms with E-state index in [1.54, 1.807) is 0 Å². The van der Waals surface area contributed by atoms with Gasteiger partial charge in [0.1, 0.15) is 5.82 Å². The van der Waals surface area contributed by atoms with Gasteiger partial charge in [-0.15, -0.1) is 0 Å². The number of anilines is 1. The number of aromatic nitrogens is 2. The number of carbonyl (C=O) groups excluding carboxylic acids is 1. The van der Waals surface area contributed by atoms with Gasteiger partial charge in [-0.05, 0) is 11.6 Å². The Morgan fingerprint density at radius 2 is 1.82 bits per heavy atom. The summed E-state index contributed by atoms with van der Waals surface area (Å²) in [6.45, 7) is 8.08. The van der Waals surface area contributed by atoms with Crippen molar-refractivity contribution in [2.75, 3.05) is 19.0 Å². The van der Waals surface area contributed by atoms with Gasteiger partial charge in [0.25, 0.3) is 0 Å². The minimum atomic E-state index is -4.61. The quantitative estimate of drug-likeness (QED) is 0.656. The zero-order valence-electron chi connectivity index (χ0n) is 13.2. The van der Waals surface area contributed by atoms with E-state index in [4.69, 9.17) is 11.6 Å². The molecule has 0 spiro atoms. The van der Waals surface area contributed by atoms with E-state index in [9.17, 15) is 18.0 Å². The number of carbonyl (C=O) groups is 1. The number of ether oxygens (including phenoxy) is 1. The molecular weight excluding hydrogens is 323 g/mol. The minimum absolute atomic E-state index is 0.000523. The first-order chi connectivity index (χ1) is 10.3. The molecule has 0 saturated carbocycles. The van der Waals surface area contributed by atoms with E-state index in [2.05, 4.69) is 20.0 Å². The normalized spacial score (nSPS) is 9.68. The molecule has 1 rings (SSSR count). The molecule has 0 aliphatic heterocycles. The molecule has 0 saturated heterocycles. The van der Waals surface area contributed by atoms with Crippen LogP contribution in [0.4, 0.5) is 19.0 Å². The predicted molar refractivity (Wildman–Crippen MR) is 79.9 cm³/mol. The van der Waals surface area contributed by atoms with E-state index in [0.29, 0.717) is 6.07 Å². The fraction of sp³-hybridized carbons (Fsp3) is 0.615. The molecule has 0 aromatic carbocycles. The van der Waals surface area contributed by atoms with Crippen LogP contribution < -0.4 is 5.32 Å². The molecule has 1 aromatic heterocycles.